The first kappa shape index (κ1) is 12.4. The molecule has 1 aromatic rings. The third-order valence-electron chi connectivity index (χ3n) is 2.04. The smallest absolute Gasteiger partial charge is 0.292 e. The van der Waals surface area contributed by atoms with Gasteiger partial charge in [-0.05, 0) is 6.07 Å². The molecule has 0 saturated carbocycles. The molecule has 0 saturated heterocycles. The Bertz CT molecular complexity index is 409. The van der Waals surface area contributed by atoms with Crippen LogP contribution in [0.15, 0.2) is 24.3 Å². The average Bonchev–Trinajstić information content (AvgIpc) is 2.28. The number of anilines is 1. The highest BCUT2D eigenvalue weighted by Gasteiger charge is 2.17. The summed E-state index contributed by atoms with van der Waals surface area (Å²) in [6, 6.07) is 5.98. The molecule has 1 rings (SSSR count). The molecule has 0 fully saturated rings. The molecular formula is C10H11ClN2O3. The second-order valence-electron chi connectivity index (χ2n) is 3.32. The molecule has 16 heavy (non-hydrogen) atoms. The van der Waals surface area contributed by atoms with Gasteiger partial charge in [0.15, 0.2) is 0 Å². The van der Waals surface area contributed by atoms with Crippen molar-refractivity contribution in [2.45, 2.75) is 6.92 Å². The van der Waals surface area contributed by atoms with E-state index in [0.717, 1.165) is 0 Å². The van der Waals surface area contributed by atoms with E-state index < -0.39 is 4.92 Å². The summed E-state index contributed by atoms with van der Waals surface area (Å²) in [5.74, 6) is -0.544. The van der Waals surface area contributed by atoms with Gasteiger partial charge in [0.2, 0.25) is 5.91 Å². The molecule has 86 valence electrons. The molecule has 0 radical (unpaired) electrons. The van der Waals surface area contributed by atoms with E-state index in [1.165, 1.54) is 12.1 Å². The fraction of sp³-hybridized carbons (Fsp3) is 0.300. The molecule has 1 aromatic carbocycles. The van der Waals surface area contributed by atoms with Crippen molar-refractivity contribution < 1.29 is 9.72 Å². The van der Waals surface area contributed by atoms with Crippen molar-refractivity contribution in [2.75, 3.05) is 11.2 Å². The number of hydrogen-bond acceptors (Lipinski definition) is 3. The number of hydrogen-bond donors (Lipinski definition) is 1. The summed E-state index contributed by atoms with van der Waals surface area (Å²) < 4.78 is 0. The van der Waals surface area contributed by atoms with Crippen molar-refractivity contribution in [1.82, 2.24) is 0 Å². The van der Waals surface area contributed by atoms with Crippen molar-refractivity contribution in [3.05, 3.63) is 34.4 Å². The summed E-state index contributed by atoms with van der Waals surface area (Å²) in [6.07, 6.45) is 0. The fourth-order valence-corrected chi connectivity index (χ4v) is 1.20. The molecule has 0 aromatic heterocycles. The Hall–Kier alpha value is -1.62. The second kappa shape index (κ2) is 5.46. The third-order valence-corrected chi connectivity index (χ3v) is 2.50. The van der Waals surface area contributed by atoms with Crippen LogP contribution in [-0.2, 0) is 4.79 Å². The van der Waals surface area contributed by atoms with Gasteiger partial charge in [0, 0.05) is 17.9 Å². The summed E-state index contributed by atoms with van der Waals surface area (Å²) in [5.41, 5.74) is 0.0621. The lowest BCUT2D eigenvalue weighted by molar-refractivity contribution is -0.383. The molecule has 0 aliphatic heterocycles. The van der Waals surface area contributed by atoms with Gasteiger partial charge in [-0.15, -0.1) is 11.6 Å². The van der Waals surface area contributed by atoms with Crippen LogP contribution < -0.4 is 5.32 Å². The molecule has 5 nitrogen and oxygen atoms in total. The average molecular weight is 243 g/mol. The Labute approximate surface area is 97.6 Å². The quantitative estimate of drug-likeness (QED) is 0.501. The van der Waals surface area contributed by atoms with Gasteiger partial charge in [0.25, 0.3) is 5.69 Å². The summed E-state index contributed by atoms with van der Waals surface area (Å²) in [5, 5.41) is 13.1. The zero-order valence-electron chi connectivity index (χ0n) is 8.64. The Balaban J connectivity index is 2.89. The molecule has 0 aliphatic rings. The topological polar surface area (TPSA) is 72.2 Å². The van der Waals surface area contributed by atoms with Gasteiger partial charge in [-0.3, -0.25) is 14.9 Å². The van der Waals surface area contributed by atoms with Crippen LogP contribution in [0.25, 0.3) is 0 Å². The number of para-hydroxylation sites is 2. The van der Waals surface area contributed by atoms with E-state index in [1.54, 1.807) is 19.1 Å². The van der Waals surface area contributed by atoms with Gasteiger partial charge in [0.1, 0.15) is 5.69 Å². The number of benzene rings is 1. The molecule has 0 heterocycles. The van der Waals surface area contributed by atoms with Gasteiger partial charge in [0.05, 0.1) is 4.92 Å². The first-order chi connectivity index (χ1) is 7.56. The van der Waals surface area contributed by atoms with Crippen molar-refractivity contribution in [2.24, 2.45) is 5.92 Å². The number of nitrogens with one attached hydrogen (secondary N) is 1. The number of nitro benzene ring substituents is 1. The monoisotopic (exact) mass is 242 g/mol. The molecule has 0 bridgehead atoms. The standard InChI is InChI=1S/C10H11ClN2O3/c1-7(6-11)10(14)12-8-4-2-3-5-9(8)13(15)16/h2-5,7H,6H2,1H3,(H,12,14). The predicted molar refractivity (Wildman–Crippen MR) is 61.6 cm³/mol. The first-order valence-corrected chi connectivity index (χ1v) is 5.20. The highest BCUT2D eigenvalue weighted by atomic mass is 35.5. The molecule has 1 amide bonds. The lowest BCUT2D eigenvalue weighted by Crippen LogP contribution is -2.21. The normalized spacial score (nSPS) is 11.9. The van der Waals surface area contributed by atoms with Crippen LogP contribution in [-0.4, -0.2) is 16.7 Å². The number of alkyl halides is 1. The Morgan fingerprint density at radius 2 is 2.19 bits per heavy atom. The largest absolute Gasteiger partial charge is 0.320 e. The lowest BCUT2D eigenvalue weighted by Gasteiger charge is -2.09. The van der Waals surface area contributed by atoms with E-state index in [-0.39, 0.29) is 29.1 Å². The minimum Gasteiger partial charge on any atom is -0.320 e. The molecule has 6 heteroatoms. The van der Waals surface area contributed by atoms with Crippen molar-refractivity contribution in [1.29, 1.82) is 0 Å². The summed E-state index contributed by atoms with van der Waals surface area (Å²) in [6.45, 7) is 1.65. The number of carbonyl (C=O) groups excluding carboxylic acids is 1. The number of amides is 1. The van der Waals surface area contributed by atoms with Crippen LogP contribution in [0.5, 0.6) is 0 Å². The van der Waals surface area contributed by atoms with Gasteiger partial charge in [-0.1, -0.05) is 19.1 Å². The van der Waals surface area contributed by atoms with E-state index >= 15 is 0 Å². The Morgan fingerprint density at radius 3 is 2.75 bits per heavy atom. The molecule has 0 spiro atoms. The maximum atomic E-state index is 11.5. The Kier molecular flexibility index (Phi) is 4.25. The van der Waals surface area contributed by atoms with E-state index in [1.807, 2.05) is 0 Å². The highest BCUT2D eigenvalue weighted by molar-refractivity contribution is 6.19. The minimum absolute atomic E-state index is 0.127. The fourth-order valence-electron chi connectivity index (χ4n) is 1.06. The van der Waals surface area contributed by atoms with E-state index in [2.05, 4.69) is 5.32 Å². The van der Waals surface area contributed by atoms with E-state index in [9.17, 15) is 14.9 Å². The van der Waals surface area contributed by atoms with Gasteiger partial charge >= 0.3 is 0 Å². The van der Waals surface area contributed by atoms with Crippen LogP contribution in [0.4, 0.5) is 11.4 Å². The zero-order chi connectivity index (χ0) is 12.1. The first-order valence-electron chi connectivity index (χ1n) is 4.66. The molecule has 1 N–H and O–H groups in total. The summed E-state index contributed by atoms with van der Waals surface area (Å²) in [4.78, 5) is 21.6. The summed E-state index contributed by atoms with van der Waals surface area (Å²) in [7, 11) is 0. The number of rotatable bonds is 4. The van der Waals surface area contributed by atoms with Crippen LogP contribution in [0.2, 0.25) is 0 Å². The van der Waals surface area contributed by atoms with Crippen molar-refractivity contribution >= 4 is 28.9 Å². The van der Waals surface area contributed by atoms with E-state index in [4.69, 9.17) is 11.6 Å². The molecule has 0 aliphatic carbocycles. The number of nitrogens with zero attached hydrogens (tertiary/aromatic N) is 1. The van der Waals surface area contributed by atoms with Crippen LogP contribution in [0.1, 0.15) is 6.92 Å². The maximum Gasteiger partial charge on any atom is 0.292 e. The van der Waals surface area contributed by atoms with Crippen LogP contribution in [0.3, 0.4) is 0 Å². The zero-order valence-corrected chi connectivity index (χ0v) is 9.40. The van der Waals surface area contributed by atoms with Gasteiger partial charge in [-0.2, -0.15) is 0 Å². The van der Waals surface area contributed by atoms with Crippen molar-refractivity contribution in [3.8, 4) is 0 Å². The SMILES string of the molecule is CC(CCl)C(=O)Nc1ccccc1[N+](=O)[O-]. The van der Waals surface area contributed by atoms with Crippen LogP contribution >= 0.6 is 11.6 Å². The lowest BCUT2D eigenvalue weighted by atomic mass is 10.2. The Morgan fingerprint density at radius 1 is 1.56 bits per heavy atom. The molecular weight excluding hydrogens is 232 g/mol. The molecule has 1 atom stereocenters. The van der Waals surface area contributed by atoms with Crippen LogP contribution in [0, 0.1) is 16.0 Å². The highest BCUT2D eigenvalue weighted by Crippen LogP contribution is 2.23. The predicted octanol–water partition coefficient (Wildman–Crippen LogP) is 2.41. The third kappa shape index (κ3) is 2.93. The molecule has 1 unspecified atom stereocenters. The number of nitro groups is 1. The van der Waals surface area contributed by atoms with E-state index in [0.29, 0.717) is 0 Å². The van der Waals surface area contributed by atoms with Gasteiger partial charge in [-0.25, -0.2) is 0 Å². The van der Waals surface area contributed by atoms with Gasteiger partial charge < -0.3 is 5.32 Å². The number of halogens is 1. The van der Waals surface area contributed by atoms with Crippen molar-refractivity contribution in [3.63, 3.8) is 0 Å². The maximum absolute atomic E-state index is 11.5. The summed E-state index contributed by atoms with van der Waals surface area (Å²) >= 11 is 5.52. The number of carbonyl (C=O) groups is 1. The minimum atomic E-state index is -0.541. The second-order valence-corrected chi connectivity index (χ2v) is 3.63.